The van der Waals surface area contributed by atoms with E-state index < -0.39 is 10.0 Å². The Balaban J connectivity index is 1.49. The Hall–Kier alpha value is -2.49. The van der Waals surface area contributed by atoms with Gasteiger partial charge in [-0.2, -0.15) is 0 Å². The number of nitrogens with one attached hydrogen (secondary N) is 1. The van der Waals surface area contributed by atoms with E-state index in [2.05, 4.69) is 9.62 Å². The van der Waals surface area contributed by atoms with Gasteiger partial charge in [-0.25, -0.2) is 8.42 Å². The van der Waals surface area contributed by atoms with E-state index in [1.807, 2.05) is 4.90 Å². The van der Waals surface area contributed by atoms with E-state index in [0.29, 0.717) is 24.4 Å². The van der Waals surface area contributed by atoms with Gasteiger partial charge in [-0.05, 0) is 62.1 Å². The van der Waals surface area contributed by atoms with Crippen LogP contribution >= 0.6 is 11.6 Å². The van der Waals surface area contributed by atoms with Crippen LogP contribution in [0.2, 0.25) is 5.02 Å². The molecule has 4 rings (SSSR count). The molecule has 2 aliphatic rings. The van der Waals surface area contributed by atoms with E-state index in [0.717, 1.165) is 32.0 Å². The average molecular weight is 508 g/mol. The van der Waals surface area contributed by atoms with E-state index in [-0.39, 0.29) is 27.3 Å². The highest BCUT2D eigenvalue weighted by Crippen LogP contribution is 2.32. The van der Waals surface area contributed by atoms with Gasteiger partial charge in [0, 0.05) is 37.8 Å². The topological polar surface area (TPSA) is 88.2 Å². The van der Waals surface area contributed by atoms with Crippen molar-refractivity contribution in [1.29, 1.82) is 0 Å². The average Bonchev–Trinajstić information content (AvgIpc) is 3.67. The number of carbonyl (C=O) groups excluding carboxylic acids is 1. The summed E-state index contributed by atoms with van der Waals surface area (Å²) >= 11 is 6.28. The largest absolute Gasteiger partial charge is 0.493 e. The van der Waals surface area contributed by atoms with Crippen molar-refractivity contribution < 1.29 is 22.7 Å². The van der Waals surface area contributed by atoms with Crippen molar-refractivity contribution in [2.45, 2.75) is 24.2 Å². The van der Waals surface area contributed by atoms with Gasteiger partial charge in [-0.3, -0.25) is 9.52 Å². The van der Waals surface area contributed by atoms with Gasteiger partial charge in [0.05, 0.1) is 29.8 Å². The molecule has 0 bridgehead atoms. The maximum absolute atomic E-state index is 13.2. The van der Waals surface area contributed by atoms with Crippen molar-refractivity contribution in [3.63, 3.8) is 0 Å². The first-order chi connectivity index (χ1) is 16.3. The van der Waals surface area contributed by atoms with Crippen molar-refractivity contribution in [2.75, 3.05) is 51.7 Å². The molecule has 0 unspecified atom stereocenters. The molecule has 0 atom stereocenters. The van der Waals surface area contributed by atoms with Crippen molar-refractivity contribution >= 4 is 33.2 Å². The van der Waals surface area contributed by atoms with Gasteiger partial charge in [0.1, 0.15) is 0 Å². The number of amides is 1. The van der Waals surface area contributed by atoms with Gasteiger partial charge in [0.25, 0.3) is 15.9 Å². The molecule has 1 saturated heterocycles. The number of rotatable bonds is 8. The summed E-state index contributed by atoms with van der Waals surface area (Å²) in [5, 5.41) is 0.201. The molecule has 0 spiro atoms. The zero-order valence-electron chi connectivity index (χ0n) is 19.4. The fraction of sp³-hybridized carbons (Fsp3) is 0.458. The molecule has 34 heavy (non-hydrogen) atoms. The number of anilines is 1. The van der Waals surface area contributed by atoms with Crippen LogP contribution in [-0.2, 0) is 10.0 Å². The summed E-state index contributed by atoms with van der Waals surface area (Å²) < 4.78 is 38.9. The van der Waals surface area contributed by atoms with Gasteiger partial charge in [0.15, 0.2) is 11.5 Å². The summed E-state index contributed by atoms with van der Waals surface area (Å²) in [7, 11) is -1.08. The second-order valence-corrected chi connectivity index (χ2v) is 10.8. The Morgan fingerprint density at radius 2 is 1.79 bits per heavy atom. The van der Waals surface area contributed by atoms with Gasteiger partial charge in [-0.15, -0.1) is 0 Å². The molecule has 10 heteroatoms. The molecule has 1 aliphatic carbocycles. The molecular weight excluding hydrogens is 478 g/mol. The van der Waals surface area contributed by atoms with Crippen LogP contribution < -0.4 is 14.2 Å². The number of hydrogen-bond donors (Lipinski definition) is 1. The normalized spacial score (nSPS) is 17.2. The number of carbonyl (C=O) groups is 1. The minimum Gasteiger partial charge on any atom is -0.493 e. The lowest BCUT2D eigenvalue weighted by atomic mass is 10.1. The Labute approximate surface area is 205 Å². The molecule has 1 aliphatic heterocycles. The highest BCUT2D eigenvalue weighted by atomic mass is 35.5. The summed E-state index contributed by atoms with van der Waals surface area (Å²) in [6, 6.07) is 8.97. The number of nitrogens with zero attached hydrogens (tertiary/aromatic N) is 2. The maximum Gasteiger partial charge on any atom is 0.262 e. The van der Waals surface area contributed by atoms with Crippen LogP contribution in [0.5, 0.6) is 11.5 Å². The molecule has 184 valence electrons. The SMILES string of the molecule is COc1ccc(S(=O)(=O)Nc2cc(C(=O)N3CCCN(CC4CC4)CC3)ccc2Cl)cc1OC. The van der Waals surface area contributed by atoms with Crippen molar-refractivity contribution in [1.82, 2.24) is 9.80 Å². The first kappa shape index (κ1) is 24.6. The number of sulfonamides is 1. The van der Waals surface area contributed by atoms with Crippen LogP contribution in [0, 0.1) is 5.92 Å². The lowest BCUT2D eigenvalue weighted by Crippen LogP contribution is -2.35. The maximum atomic E-state index is 13.2. The Bertz CT molecular complexity index is 1150. The lowest BCUT2D eigenvalue weighted by Gasteiger charge is -2.22. The Morgan fingerprint density at radius 3 is 2.50 bits per heavy atom. The van der Waals surface area contributed by atoms with Crippen molar-refractivity contribution in [2.24, 2.45) is 5.92 Å². The van der Waals surface area contributed by atoms with Gasteiger partial charge in [-0.1, -0.05) is 11.6 Å². The number of benzene rings is 2. The van der Waals surface area contributed by atoms with E-state index in [9.17, 15) is 13.2 Å². The van der Waals surface area contributed by atoms with Gasteiger partial charge >= 0.3 is 0 Å². The fourth-order valence-corrected chi connectivity index (χ4v) is 5.44. The van der Waals surface area contributed by atoms with Crippen molar-refractivity contribution in [3.05, 3.63) is 47.0 Å². The lowest BCUT2D eigenvalue weighted by molar-refractivity contribution is 0.0761. The fourth-order valence-electron chi connectivity index (χ4n) is 4.13. The molecule has 2 aromatic rings. The van der Waals surface area contributed by atoms with Crippen LogP contribution in [0.3, 0.4) is 0 Å². The summed E-state index contributed by atoms with van der Waals surface area (Å²) in [5.41, 5.74) is 0.539. The van der Waals surface area contributed by atoms with Gasteiger partial charge in [0.2, 0.25) is 0 Å². The van der Waals surface area contributed by atoms with Crippen LogP contribution in [0.15, 0.2) is 41.3 Å². The molecule has 1 amide bonds. The minimum absolute atomic E-state index is 0.0128. The third-order valence-corrected chi connectivity index (χ3v) is 7.90. The number of methoxy groups -OCH3 is 2. The van der Waals surface area contributed by atoms with E-state index >= 15 is 0 Å². The highest BCUT2D eigenvalue weighted by molar-refractivity contribution is 7.92. The van der Waals surface area contributed by atoms with Gasteiger partial charge < -0.3 is 19.3 Å². The predicted octanol–water partition coefficient (Wildman–Crippen LogP) is 3.72. The molecule has 2 fully saturated rings. The third kappa shape index (κ3) is 5.76. The molecule has 8 nitrogen and oxygen atoms in total. The Morgan fingerprint density at radius 1 is 1.03 bits per heavy atom. The van der Waals surface area contributed by atoms with E-state index in [1.165, 1.54) is 51.3 Å². The molecule has 2 aromatic carbocycles. The van der Waals surface area contributed by atoms with E-state index in [4.69, 9.17) is 21.1 Å². The zero-order chi connectivity index (χ0) is 24.3. The smallest absolute Gasteiger partial charge is 0.262 e. The summed E-state index contributed by atoms with van der Waals surface area (Å²) in [5.74, 6) is 1.40. The quantitative estimate of drug-likeness (QED) is 0.586. The molecule has 1 saturated carbocycles. The molecular formula is C24H30ClN3O5S. The summed E-state index contributed by atoms with van der Waals surface area (Å²) in [4.78, 5) is 17.5. The highest BCUT2D eigenvalue weighted by Gasteiger charge is 2.27. The van der Waals surface area contributed by atoms with Crippen LogP contribution in [-0.4, -0.2) is 71.1 Å². The monoisotopic (exact) mass is 507 g/mol. The third-order valence-electron chi connectivity index (χ3n) is 6.21. The molecule has 0 aromatic heterocycles. The standard InChI is InChI=1S/C24H30ClN3O5S/c1-32-22-9-7-19(15-23(22)33-2)34(30,31)26-21-14-18(6-8-20(21)25)24(29)28-11-3-10-27(12-13-28)16-17-4-5-17/h6-9,14-15,17,26H,3-5,10-13,16H2,1-2H3. The first-order valence-electron chi connectivity index (χ1n) is 11.4. The number of hydrogen-bond acceptors (Lipinski definition) is 6. The molecule has 1 heterocycles. The number of ether oxygens (including phenoxy) is 2. The second-order valence-electron chi connectivity index (χ2n) is 8.71. The van der Waals surface area contributed by atoms with Crippen LogP contribution in [0.1, 0.15) is 29.6 Å². The summed E-state index contributed by atoms with van der Waals surface area (Å²) in [6.45, 7) is 4.30. The van der Waals surface area contributed by atoms with Crippen molar-refractivity contribution in [3.8, 4) is 11.5 Å². The number of halogens is 1. The first-order valence-corrected chi connectivity index (χ1v) is 13.2. The minimum atomic E-state index is -3.98. The van der Waals surface area contributed by atoms with E-state index in [1.54, 1.807) is 12.1 Å². The zero-order valence-corrected chi connectivity index (χ0v) is 21.0. The Kier molecular flexibility index (Phi) is 7.54. The van der Waals surface area contributed by atoms with Crippen LogP contribution in [0.4, 0.5) is 5.69 Å². The second kappa shape index (κ2) is 10.4. The summed E-state index contributed by atoms with van der Waals surface area (Å²) in [6.07, 6.45) is 3.54. The molecule has 1 N–H and O–H groups in total. The van der Waals surface area contributed by atoms with Crippen LogP contribution in [0.25, 0.3) is 0 Å². The molecule has 0 radical (unpaired) electrons. The predicted molar refractivity (Wildman–Crippen MR) is 131 cm³/mol.